The van der Waals surface area contributed by atoms with Crippen molar-refractivity contribution in [1.29, 1.82) is 0 Å². The van der Waals surface area contributed by atoms with Gasteiger partial charge in [0.15, 0.2) is 5.96 Å². The van der Waals surface area contributed by atoms with Crippen molar-refractivity contribution in [3.8, 4) is 0 Å². The first kappa shape index (κ1) is 20.5. The van der Waals surface area contributed by atoms with Gasteiger partial charge in [-0.15, -0.1) is 24.0 Å². The van der Waals surface area contributed by atoms with E-state index in [0.717, 1.165) is 25.8 Å². The SMILES string of the molecule is CN=C(NCC1(O)CCC1)N1CC(=O)N(C(C)C)C(C)(C)C1.I. The topological polar surface area (TPSA) is 68.2 Å². The lowest BCUT2D eigenvalue weighted by molar-refractivity contribution is -0.145. The molecule has 0 aromatic carbocycles. The van der Waals surface area contributed by atoms with E-state index in [0.29, 0.717) is 19.0 Å². The number of hydrogen-bond donors (Lipinski definition) is 2. The summed E-state index contributed by atoms with van der Waals surface area (Å²) < 4.78 is 0. The van der Waals surface area contributed by atoms with Gasteiger partial charge >= 0.3 is 0 Å². The number of aliphatic hydroxyl groups is 1. The molecule has 2 rings (SSSR count). The molecule has 0 radical (unpaired) electrons. The van der Waals surface area contributed by atoms with Crippen LogP contribution in [0.4, 0.5) is 0 Å². The van der Waals surface area contributed by atoms with Gasteiger partial charge in [-0.2, -0.15) is 0 Å². The molecule has 1 saturated heterocycles. The Hall–Kier alpha value is -0.570. The first-order chi connectivity index (χ1) is 10.2. The molecule has 134 valence electrons. The molecular weight excluding hydrogens is 407 g/mol. The molecule has 0 atom stereocenters. The molecule has 2 N–H and O–H groups in total. The fraction of sp³-hybridized carbons (Fsp3) is 0.875. The highest BCUT2D eigenvalue weighted by Gasteiger charge is 2.41. The summed E-state index contributed by atoms with van der Waals surface area (Å²) in [5.41, 5.74) is -0.844. The second-order valence-corrected chi connectivity index (χ2v) is 7.50. The molecule has 23 heavy (non-hydrogen) atoms. The minimum absolute atomic E-state index is 0. The molecule has 7 heteroatoms. The highest BCUT2D eigenvalue weighted by atomic mass is 127. The summed E-state index contributed by atoms with van der Waals surface area (Å²) in [6.45, 7) is 9.84. The van der Waals surface area contributed by atoms with Crippen LogP contribution in [0.5, 0.6) is 0 Å². The monoisotopic (exact) mass is 438 g/mol. The summed E-state index contributed by atoms with van der Waals surface area (Å²) in [7, 11) is 1.72. The number of guanidine groups is 1. The molecule has 1 aliphatic heterocycles. The number of carbonyl (C=O) groups is 1. The van der Waals surface area contributed by atoms with Crippen molar-refractivity contribution < 1.29 is 9.90 Å². The molecule has 0 spiro atoms. The maximum absolute atomic E-state index is 12.5. The molecule has 6 nitrogen and oxygen atoms in total. The van der Waals surface area contributed by atoms with Crippen LogP contribution in [-0.4, -0.2) is 70.6 Å². The van der Waals surface area contributed by atoms with E-state index >= 15 is 0 Å². The highest BCUT2D eigenvalue weighted by molar-refractivity contribution is 14.0. The van der Waals surface area contributed by atoms with E-state index < -0.39 is 5.60 Å². The molecule has 2 fully saturated rings. The van der Waals surface area contributed by atoms with E-state index in [1.165, 1.54) is 0 Å². The summed E-state index contributed by atoms with van der Waals surface area (Å²) in [5, 5.41) is 13.5. The fourth-order valence-corrected chi connectivity index (χ4v) is 3.65. The first-order valence-corrected chi connectivity index (χ1v) is 8.19. The number of aliphatic imine (C=N–C) groups is 1. The summed E-state index contributed by atoms with van der Waals surface area (Å²) in [6, 6.07) is 0.190. The van der Waals surface area contributed by atoms with Crippen LogP contribution in [-0.2, 0) is 4.79 Å². The number of nitrogens with zero attached hydrogens (tertiary/aromatic N) is 3. The zero-order valence-corrected chi connectivity index (χ0v) is 17.3. The normalized spacial score (nSPS) is 23.4. The van der Waals surface area contributed by atoms with Crippen LogP contribution < -0.4 is 5.32 Å². The van der Waals surface area contributed by atoms with Crippen LogP contribution in [0.15, 0.2) is 4.99 Å². The number of carbonyl (C=O) groups excluding carboxylic acids is 1. The molecule has 0 aromatic rings. The molecule has 0 bridgehead atoms. The van der Waals surface area contributed by atoms with Crippen LogP contribution >= 0.6 is 24.0 Å². The molecule has 1 amide bonds. The Labute approximate surface area is 156 Å². The minimum Gasteiger partial charge on any atom is -0.388 e. The van der Waals surface area contributed by atoms with E-state index in [9.17, 15) is 9.90 Å². The molecular formula is C16H31IN4O2. The van der Waals surface area contributed by atoms with Crippen molar-refractivity contribution >= 4 is 35.8 Å². The number of amides is 1. The average Bonchev–Trinajstić information content (AvgIpc) is 2.34. The molecule has 0 aromatic heterocycles. The maximum Gasteiger partial charge on any atom is 0.242 e. The Morgan fingerprint density at radius 1 is 1.39 bits per heavy atom. The third-order valence-corrected chi connectivity index (χ3v) is 4.71. The van der Waals surface area contributed by atoms with Gasteiger partial charge in [0, 0.05) is 26.2 Å². The second kappa shape index (κ2) is 7.55. The van der Waals surface area contributed by atoms with Gasteiger partial charge < -0.3 is 20.2 Å². The summed E-state index contributed by atoms with van der Waals surface area (Å²) in [4.78, 5) is 20.7. The van der Waals surface area contributed by atoms with E-state index in [-0.39, 0.29) is 41.5 Å². The number of halogens is 1. The Morgan fingerprint density at radius 3 is 2.39 bits per heavy atom. The van der Waals surface area contributed by atoms with Crippen molar-refractivity contribution in [1.82, 2.24) is 15.1 Å². The van der Waals surface area contributed by atoms with E-state index in [1.807, 2.05) is 9.80 Å². The van der Waals surface area contributed by atoms with Crippen LogP contribution in [0.2, 0.25) is 0 Å². The van der Waals surface area contributed by atoms with Gasteiger partial charge in [-0.05, 0) is 47.0 Å². The van der Waals surface area contributed by atoms with E-state index in [2.05, 4.69) is 38.0 Å². The van der Waals surface area contributed by atoms with Crippen molar-refractivity contribution in [2.75, 3.05) is 26.7 Å². The van der Waals surface area contributed by atoms with Gasteiger partial charge in [-0.1, -0.05) is 0 Å². The van der Waals surface area contributed by atoms with Crippen molar-refractivity contribution in [2.24, 2.45) is 4.99 Å². The van der Waals surface area contributed by atoms with E-state index in [1.54, 1.807) is 7.05 Å². The summed E-state index contributed by atoms with van der Waals surface area (Å²) in [5.74, 6) is 0.821. The van der Waals surface area contributed by atoms with Crippen LogP contribution in [0.25, 0.3) is 0 Å². The van der Waals surface area contributed by atoms with Crippen molar-refractivity contribution in [2.45, 2.75) is 64.1 Å². The maximum atomic E-state index is 12.5. The Kier molecular flexibility index (Phi) is 6.72. The fourth-order valence-electron chi connectivity index (χ4n) is 3.65. The number of nitrogens with one attached hydrogen (secondary N) is 1. The Bertz CT molecular complexity index is 461. The van der Waals surface area contributed by atoms with Crippen molar-refractivity contribution in [3.05, 3.63) is 0 Å². The van der Waals surface area contributed by atoms with Crippen LogP contribution in [0.1, 0.15) is 47.0 Å². The standard InChI is InChI=1S/C16H30N4O2.HI/c1-12(2)20-13(21)9-19(11-15(20,3)4)14(17-5)18-10-16(22)7-6-8-16;/h12,22H,6-11H2,1-5H3,(H,17,18);1H. The smallest absolute Gasteiger partial charge is 0.242 e. The quantitative estimate of drug-likeness (QED) is 0.398. The molecule has 1 aliphatic carbocycles. The third-order valence-electron chi connectivity index (χ3n) is 4.71. The van der Waals surface area contributed by atoms with Gasteiger partial charge in [-0.25, -0.2) is 0 Å². The zero-order valence-electron chi connectivity index (χ0n) is 14.9. The predicted molar refractivity (Wildman–Crippen MR) is 103 cm³/mol. The van der Waals surface area contributed by atoms with Crippen LogP contribution in [0, 0.1) is 0 Å². The summed E-state index contributed by atoms with van der Waals surface area (Å²) >= 11 is 0. The predicted octanol–water partition coefficient (Wildman–Crippen LogP) is 1.43. The zero-order chi connectivity index (χ0) is 16.5. The van der Waals surface area contributed by atoms with Gasteiger partial charge in [0.25, 0.3) is 0 Å². The average molecular weight is 438 g/mol. The highest BCUT2D eigenvalue weighted by Crippen LogP contribution is 2.31. The molecule has 2 aliphatic rings. The van der Waals surface area contributed by atoms with Crippen LogP contribution in [0.3, 0.4) is 0 Å². The van der Waals surface area contributed by atoms with Crippen molar-refractivity contribution in [3.63, 3.8) is 0 Å². The minimum atomic E-state index is -0.602. The largest absolute Gasteiger partial charge is 0.388 e. The molecule has 1 saturated carbocycles. The number of rotatable bonds is 3. The number of hydrogen-bond acceptors (Lipinski definition) is 3. The second-order valence-electron chi connectivity index (χ2n) is 7.50. The third kappa shape index (κ3) is 4.49. The lowest BCUT2D eigenvalue weighted by atomic mass is 9.80. The van der Waals surface area contributed by atoms with Gasteiger partial charge in [0.05, 0.1) is 17.7 Å². The Morgan fingerprint density at radius 2 is 2.00 bits per heavy atom. The lowest BCUT2D eigenvalue weighted by Gasteiger charge is -2.49. The summed E-state index contributed by atoms with van der Waals surface area (Å²) in [6.07, 6.45) is 2.75. The Balaban J connectivity index is 0.00000264. The molecule has 0 unspecified atom stereocenters. The first-order valence-electron chi connectivity index (χ1n) is 8.19. The number of piperazine rings is 1. The van der Waals surface area contributed by atoms with Gasteiger partial charge in [0.1, 0.15) is 0 Å². The van der Waals surface area contributed by atoms with E-state index in [4.69, 9.17) is 0 Å². The van der Waals surface area contributed by atoms with Gasteiger partial charge in [0.2, 0.25) is 5.91 Å². The van der Waals surface area contributed by atoms with Gasteiger partial charge in [-0.3, -0.25) is 9.79 Å². The molecule has 1 heterocycles. The lowest BCUT2D eigenvalue weighted by Crippen LogP contribution is -2.66.